The second-order valence-corrected chi connectivity index (χ2v) is 12.4. The van der Waals surface area contributed by atoms with Gasteiger partial charge in [-0.2, -0.15) is 13.2 Å². The number of nitrogens with two attached hydrogens (primary N) is 1. The van der Waals surface area contributed by atoms with Gasteiger partial charge in [-0.15, -0.1) is 0 Å². The minimum absolute atomic E-state index is 0.0192. The summed E-state index contributed by atoms with van der Waals surface area (Å²) in [7, 11) is 0. The van der Waals surface area contributed by atoms with Gasteiger partial charge in [-0.3, -0.25) is 19.8 Å². The summed E-state index contributed by atoms with van der Waals surface area (Å²) >= 11 is 0. The van der Waals surface area contributed by atoms with Gasteiger partial charge in [0, 0.05) is 32.0 Å². The lowest BCUT2D eigenvalue weighted by molar-refractivity contribution is -0.153. The van der Waals surface area contributed by atoms with Gasteiger partial charge in [0.1, 0.15) is 13.2 Å². The van der Waals surface area contributed by atoms with E-state index in [1.165, 1.54) is 12.1 Å². The highest BCUT2D eigenvalue weighted by Gasteiger charge is 2.36. The average Bonchev–Trinajstić information content (AvgIpc) is 3.42. The number of carbonyl (C=O) groups is 2. The van der Waals surface area contributed by atoms with E-state index in [4.69, 9.17) is 24.7 Å². The van der Waals surface area contributed by atoms with Gasteiger partial charge in [-0.1, -0.05) is 37.3 Å². The summed E-state index contributed by atoms with van der Waals surface area (Å²) in [6.45, 7) is 7.79. The number of anilines is 1. The van der Waals surface area contributed by atoms with Gasteiger partial charge < -0.3 is 30.0 Å². The Morgan fingerprint density at radius 2 is 1.52 bits per heavy atom. The Balaban J connectivity index is 1.39. The van der Waals surface area contributed by atoms with E-state index in [1.807, 2.05) is 58.0 Å². The monoisotopic (exact) mass is 700 g/mol. The van der Waals surface area contributed by atoms with Crippen molar-refractivity contribution in [1.82, 2.24) is 10.6 Å². The number of para-hydroxylation sites is 4. The lowest BCUT2D eigenvalue weighted by Crippen LogP contribution is -2.48. The van der Waals surface area contributed by atoms with E-state index in [0.29, 0.717) is 49.6 Å². The maximum atomic E-state index is 13.4. The normalized spacial score (nSPS) is 14.7. The highest BCUT2D eigenvalue weighted by molar-refractivity contribution is 6.06. The van der Waals surface area contributed by atoms with Gasteiger partial charge >= 0.3 is 6.18 Å². The summed E-state index contributed by atoms with van der Waals surface area (Å²) in [5.74, 6) is 0.743. The van der Waals surface area contributed by atoms with Crippen LogP contribution in [0.2, 0.25) is 0 Å². The molecule has 2 amide bonds. The number of nitrogens with one attached hydrogen (secondary N) is 2. The largest absolute Gasteiger partial charge is 0.488 e. The second kappa shape index (κ2) is 18.0. The number of hydrogen-bond donors (Lipinski definition) is 3. The van der Waals surface area contributed by atoms with Crippen LogP contribution in [0.5, 0.6) is 23.0 Å². The zero-order chi connectivity index (χ0) is 36.3. The first kappa shape index (κ1) is 38.3. The zero-order valence-corrected chi connectivity index (χ0v) is 29.0. The third-order valence-corrected chi connectivity index (χ3v) is 7.80. The Hall–Kier alpha value is -4.49. The maximum absolute atomic E-state index is 13.4. The van der Waals surface area contributed by atoms with Gasteiger partial charge in [-0.05, 0) is 75.1 Å². The first-order chi connectivity index (χ1) is 23.9. The van der Waals surface area contributed by atoms with Crippen LogP contribution in [-0.4, -0.2) is 69.2 Å². The lowest BCUT2D eigenvalue weighted by atomic mass is 9.98. The molecule has 1 unspecified atom stereocenters. The third kappa shape index (κ3) is 11.0. The second-order valence-electron chi connectivity index (χ2n) is 12.4. The Morgan fingerprint density at radius 3 is 2.12 bits per heavy atom. The fourth-order valence-electron chi connectivity index (χ4n) is 5.81. The number of ether oxygens (including phenoxy) is 4. The Morgan fingerprint density at radius 1 is 0.920 bits per heavy atom. The molecule has 13 heteroatoms. The summed E-state index contributed by atoms with van der Waals surface area (Å²) in [6, 6.07) is 17.5. The molecule has 0 aliphatic carbocycles. The van der Waals surface area contributed by atoms with Crippen molar-refractivity contribution in [2.75, 3.05) is 37.8 Å². The summed E-state index contributed by atoms with van der Waals surface area (Å²) in [5, 5.41) is 6.78. The zero-order valence-electron chi connectivity index (χ0n) is 29.0. The fourth-order valence-corrected chi connectivity index (χ4v) is 5.81. The highest BCUT2D eigenvalue weighted by atomic mass is 19.4. The number of amides is 2. The van der Waals surface area contributed by atoms with Crippen molar-refractivity contribution in [3.05, 3.63) is 77.4 Å². The molecule has 1 aliphatic rings. The maximum Gasteiger partial charge on any atom is 0.422 e. The molecule has 1 aliphatic heterocycles. The van der Waals surface area contributed by atoms with Crippen molar-refractivity contribution >= 4 is 17.5 Å². The number of rotatable bonds is 19. The highest BCUT2D eigenvalue weighted by Crippen LogP contribution is 2.37. The first-order valence-electron chi connectivity index (χ1n) is 16.9. The Labute approximate surface area is 291 Å². The van der Waals surface area contributed by atoms with E-state index in [9.17, 15) is 22.8 Å². The topological polar surface area (TPSA) is 124 Å². The average molecular weight is 701 g/mol. The Kier molecular flexibility index (Phi) is 13.8. The van der Waals surface area contributed by atoms with E-state index in [2.05, 4.69) is 10.6 Å². The minimum atomic E-state index is -4.48. The van der Waals surface area contributed by atoms with E-state index in [0.717, 1.165) is 11.1 Å². The molecule has 3 aromatic rings. The van der Waals surface area contributed by atoms with Crippen LogP contribution in [0, 0.1) is 0 Å². The van der Waals surface area contributed by atoms with E-state index >= 15 is 0 Å². The van der Waals surface area contributed by atoms with Crippen molar-refractivity contribution in [2.24, 2.45) is 5.73 Å². The number of hydrogen-bond acceptors (Lipinski definition) is 8. The van der Waals surface area contributed by atoms with E-state index < -0.39 is 24.9 Å². The minimum Gasteiger partial charge on any atom is -0.488 e. The van der Waals surface area contributed by atoms with Crippen LogP contribution in [0.1, 0.15) is 62.0 Å². The van der Waals surface area contributed by atoms with Gasteiger partial charge in [0.2, 0.25) is 5.91 Å². The number of nitrogens with zero attached hydrogens (tertiary/aromatic N) is 1. The lowest BCUT2D eigenvalue weighted by Gasteiger charge is -2.28. The molecule has 0 fully saturated rings. The van der Waals surface area contributed by atoms with Gasteiger partial charge in [0.25, 0.3) is 5.91 Å². The molecule has 0 aromatic heterocycles. The van der Waals surface area contributed by atoms with Crippen molar-refractivity contribution in [1.29, 1.82) is 0 Å². The van der Waals surface area contributed by atoms with Crippen molar-refractivity contribution < 1.29 is 41.7 Å². The van der Waals surface area contributed by atoms with Crippen molar-refractivity contribution in [3.63, 3.8) is 0 Å². The molecule has 272 valence electrons. The summed E-state index contributed by atoms with van der Waals surface area (Å²) in [4.78, 5) is 27.7. The molecular formula is C37H47F3N4O6. The molecule has 0 bridgehead atoms. The molecule has 3 aromatic carbocycles. The molecule has 0 radical (unpaired) electrons. The number of carbonyl (C=O) groups excluding carboxylic acids is 2. The van der Waals surface area contributed by atoms with Gasteiger partial charge in [-0.25, -0.2) is 0 Å². The summed E-state index contributed by atoms with van der Waals surface area (Å²) < 4.78 is 60.5. The smallest absolute Gasteiger partial charge is 0.422 e. The molecule has 0 spiro atoms. The quantitative estimate of drug-likeness (QED) is 0.134. The molecule has 1 heterocycles. The standard InChI is InChI=1S/C37H47F3N4O6/c1-5-10-34(45)44-33(43-16-18-47-29-11-6-7-12-30(29)49-23-37(38,39)40)22-27-20-26(21-28(35(27)44)36(41)46)19-25(4)42-15-17-48-31-13-8-9-14-32(31)50-24(2)3/h6-9,11-14,20-21,24-25,33,42-43H,5,10,15-19,22-23H2,1-4H3,(H2,41,46)/t25?,33-/m1/s1. The number of benzene rings is 3. The van der Waals surface area contributed by atoms with Crippen LogP contribution in [0.25, 0.3) is 0 Å². The third-order valence-electron chi connectivity index (χ3n) is 7.80. The molecule has 0 saturated carbocycles. The number of fused-ring (bicyclic) bond motifs is 1. The van der Waals surface area contributed by atoms with Gasteiger partial charge in [0.15, 0.2) is 29.6 Å². The molecule has 4 N–H and O–H groups in total. The molecule has 4 rings (SSSR count). The first-order valence-corrected chi connectivity index (χ1v) is 16.9. The molecule has 2 atom stereocenters. The predicted octanol–water partition coefficient (Wildman–Crippen LogP) is 5.80. The Bertz CT molecular complexity index is 1590. The summed E-state index contributed by atoms with van der Waals surface area (Å²) in [5.41, 5.74) is 8.37. The number of alkyl halides is 3. The van der Waals surface area contributed by atoms with Crippen LogP contribution >= 0.6 is 0 Å². The SMILES string of the molecule is CCCC(=O)N1c2c(cc(CC(C)NCCOc3ccccc3OC(C)C)cc2C(N)=O)C[C@@H]1NCCOc1ccccc1OCC(F)(F)F. The van der Waals surface area contributed by atoms with Crippen molar-refractivity contribution in [3.8, 4) is 23.0 Å². The van der Waals surface area contributed by atoms with Crippen LogP contribution < -0.4 is 40.2 Å². The summed E-state index contributed by atoms with van der Waals surface area (Å²) in [6.07, 6.45) is -3.02. The fraction of sp³-hybridized carbons (Fsp3) is 0.459. The predicted molar refractivity (Wildman–Crippen MR) is 185 cm³/mol. The number of halogens is 3. The van der Waals surface area contributed by atoms with Crippen LogP contribution in [0.3, 0.4) is 0 Å². The van der Waals surface area contributed by atoms with Crippen molar-refractivity contribution in [2.45, 2.75) is 77.9 Å². The van der Waals surface area contributed by atoms with E-state index in [-0.39, 0.29) is 54.7 Å². The molecule has 50 heavy (non-hydrogen) atoms. The van der Waals surface area contributed by atoms with Crippen LogP contribution in [0.15, 0.2) is 60.7 Å². The van der Waals surface area contributed by atoms with Gasteiger partial charge in [0.05, 0.1) is 23.5 Å². The van der Waals surface area contributed by atoms with Crippen LogP contribution in [-0.2, 0) is 17.6 Å². The van der Waals surface area contributed by atoms with Crippen LogP contribution in [0.4, 0.5) is 18.9 Å². The number of primary amides is 1. The molecule has 0 saturated heterocycles. The van der Waals surface area contributed by atoms with E-state index in [1.54, 1.807) is 23.1 Å². The molecular weight excluding hydrogens is 653 g/mol. The molecule has 10 nitrogen and oxygen atoms in total.